The van der Waals surface area contributed by atoms with Gasteiger partial charge in [0, 0.05) is 11.1 Å². The minimum atomic E-state index is -4.60. The highest BCUT2D eigenvalue weighted by atomic mass is 32.2. The van der Waals surface area contributed by atoms with E-state index in [9.17, 15) is 13.2 Å². The van der Waals surface area contributed by atoms with Gasteiger partial charge in [0.15, 0.2) is 9.99 Å². The van der Waals surface area contributed by atoms with Gasteiger partial charge in [0.2, 0.25) is 0 Å². The van der Waals surface area contributed by atoms with Crippen molar-refractivity contribution in [3.8, 4) is 0 Å². The Morgan fingerprint density at radius 2 is 1.87 bits per heavy atom. The van der Waals surface area contributed by atoms with Gasteiger partial charge in [-0.05, 0) is 29.3 Å². The highest BCUT2D eigenvalue weighted by Crippen LogP contribution is 2.35. The fourth-order valence-corrected chi connectivity index (χ4v) is 3.68. The highest BCUT2D eigenvalue weighted by Gasteiger charge is 2.37. The molecule has 3 heterocycles. The van der Waals surface area contributed by atoms with Gasteiger partial charge in [0.1, 0.15) is 5.03 Å². The summed E-state index contributed by atoms with van der Waals surface area (Å²) in [6, 6.07) is 3.06. The average molecular weight is 359 g/mol. The van der Waals surface area contributed by atoms with Crippen LogP contribution in [0.15, 0.2) is 27.7 Å². The maximum absolute atomic E-state index is 12.9. The number of nitrogens with zero attached hydrogens (tertiary/aromatic N) is 5. The van der Waals surface area contributed by atoms with Gasteiger partial charge in [-0.3, -0.25) is 0 Å². The van der Waals surface area contributed by atoms with E-state index in [4.69, 9.17) is 0 Å². The third-order valence-electron chi connectivity index (χ3n) is 2.91. The molecule has 23 heavy (non-hydrogen) atoms. The second kappa shape index (κ2) is 5.45. The second-order valence-electron chi connectivity index (χ2n) is 5.81. The normalized spacial score (nSPS) is 13.0. The summed E-state index contributed by atoms with van der Waals surface area (Å²) in [5, 5.41) is 11.0. The molecule has 0 fully saturated rings. The first kappa shape index (κ1) is 16.2. The molecule has 5 nitrogen and oxygen atoms in total. The predicted octanol–water partition coefficient (Wildman–Crippen LogP) is 4.05. The number of hydrogen-bond acceptors (Lipinski definition) is 6. The maximum Gasteiger partial charge on any atom is 0.453 e. The minimum Gasteiger partial charge on any atom is -0.237 e. The van der Waals surface area contributed by atoms with Gasteiger partial charge >= 0.3 is 6.18 Å². The van der Waals surface area contributed by atoms with Gasteiger partial charge in [-0.25, -0.2) is 4.98 Å². The van der Waals surface area contributed by atoms with Crippen LogP contribution >= 0.6 is 23.1 Å². The Kier molecular flexibility index (Phi) is 3.83. The smallest absolute Gasteiger partial charge is 0.237 e. The molecule has 0 aliphatic heterocycles. The van der Waals surface area contributed by atoms with Crippen LogP contribution in [0.4, 0.5) is 13.2 Å². The molecular formula is C13H12F3N5S2. The molecule has 0 amide bonds. The second-order valence-corrected chi connectivity index (χ2v) is 8.10. The molecule has 0 radical (unpaired) electrons. The molecule has 3 rings (SSSR count). The Hall–Kier alpha value is -1.68. The summed E-state index contributed by atoms with van der Waals surface area (Å²) in [4.78, 5) is 5.39. The molecule has 10 heteroatoms. The summed E-state index contributed by atoms with van der Waals surface area (Å²) < 4.78 is 40.0. The molecule has 0 saturated carbocycles. The molecule has 122 valence electrons. The number of halogens is 3. The number of alkyl halides is 3. The lowest BCUT2D eigenvalue weighted by molar-refractivity contribution is -0.146. The van der Waals surface area contributed by atoms with Crippen LogP contribution in [0.2, 0.25) is 0 Å². The summed E-state index contributed by atoms with van der Waals surface area (Å²) >= 11 is 2.72. The van der Waals surface area contributed by atoms with Crippen LogP contribution in [0, 0.1) is 0 Å². The van der Waals surface area contributed by atoms with Gasteiger partial charge in [0.25, 0.3) is 5.82 Å². The lowest BCUT2D eigenvalue weighted by atomic mass is 9.96. The van der Waals surface area contributed by atoms with E-state index < -0.39 is 12.0 Å². The Balaban J connectivity index is 1.93. The van der Waals surface area contributed by atoms with Gasteiger partial charge in [-0.15, -0.1) is 21.5 Å². The van der Waals surface area contributed by atoms with Crippen LogP contribution in [-0.2, 0) is 11.6 Å². The van der Waals surface area contributed by atoms with E-state index in [1.54, 1.807) is 12.3 Å². The molecule has 3 aromatic rings. The molecule has 3 aromatic heterocycles. The first-order valence-electron chi connectivity index (χ1n) is 6.58. The van der Waals surface area contributed by atoms with E-state index in [0.717, 1.165) is 9.22 Å². The summed E-state index contributed by atoms with van der Waals surface area (Å²) in [5.74, 6) is -1.13. The van der Waals surface area contributed by atoms with Crippen molar-refractivity contribution in [1.29, 1.82) is 0 Å². The van der Waals surface area contributed by atoms with E-state index in [-0.39, 0.29) is 11.1 Å². The van der Waals surface area contributed by atoms with Crippen LogP contribution < -0.4 is 0 Å². The van der Waals surface area contributed by atoms with E-state index in [1.165, 1.54) is 29.2 Å². The molecule has 0 aliphatic rings. The van der Waals surface area contributed by atoms with Crippen molar-refractivity contribution in [2.45, 2.75) is 41.7 Å². The SMILES string of the molecule is CC(C)(C)c1cnc(Sc2ccc3nnc(C(F)(F)F)n3n2)s1. The molecule has 0 bridgehead atoms. The number of fused-ring (bicyclic) bond motifs is 1. The maximum atomic E-state index is 12.9. The largest absolute Gasteiger partial charge is 0.453 e. The molecule has 0 saturated heterocycles. The van der Waals surface area contributed by atoms with Crippen molar-refractivity contribution in [2.75, 3.05) is 0 Å². The zero-order chi connectivity index (χ0) is 16.8. The number of rotatable bonds is 2. The van der Waals surface area contributed by atoms with Crippen molar-refractivity contribution >= 4 is 28.7 Å². The first-order chi connectivity index (χ1) is 10.6. The van der Waals surface area contributed by atoms with Gasteiger partial charge in [0.05, 0.1) is 0 Å². The van der Waals surface area contributed by atoms with Crippen LogP contribution in [0.1, 0.15) is 31.5 Å². The lowest BCUT2D eigenvalue weighted by Gasteiger charge is -2.14. The predicted molar refractivity (Wildman–Crippen MR) is 80.7 cm³/mol. The van der Waals surface area contributed by atoms with E-state index >= 15 is 0 Å². The van der Waals surface area contributed by atoms with E-state index in [1.807, 2.05) is 0 Å². The Bertz CT molecular complexity index is 847. The number of thiazole rings is 1. The third-order valence-corrected chi connectivity index (χ3v) is 5.33. The van der Waals surface area contributed by atoms with Crippen LogP contribution in [0.25, 0.3) is 5.65 Å². The van der Waals surface area contributed by atoms with Gasteiger partial charge in [-0.2, -0.15) is 22.8 Å². The molecule has 0 aromatic carbocycles. The Labute approximate surface area is 138 Å². The lowest BCUT2D eigenvalue weighted by Crippen LogP contribution is -2.12. The topological polar surface area (TPSA) is 56.0 Å². The average Bonchev–Trinajstić information content (AvgIpc) is 3.03. The van der Waals surface area contributed by atoms with Crippen LogP contribution in [0.5, 0.6) is 0 Å². The van der Waals surface area contributed by atoms with Crippen molar-refractivity contribution in [1.82, 2.24) is 24.8 Å². The summed E-state index contributed by atoms with van der Waals surface area (Å²) in [7, 11) is 0. The monoisotopic (exact) mass is 359 g/mol. The summed E-state index contributed by atoms with van der Waals surface area (Å²) in [6.07, 6.45) is -2.82. The fraction of sp³-hybridized carbons (Fsp3) is 0.385. The summed E-state index contributed by atoms with van der Waals surface area (Å²) in [6.45, 7) is 6.23. The highest BCUT2D eigenvalue weighted by molar-refractivity contribution is 8.01. The Morgan fingerprint density at radius 1 is 1.13 bits per heavy atom. The molecule has 0 unspecified atom stereocenters. The van der Waals surface area contributed by atoms with Crippen LogP contribution in [-0.4, -0.2) is 24.8 Å². The molecule has 0 spiro atoms. The molecule has 0 aliphatic carbocycles. The van der Waals surface area contributed by atoms with Crippen molar-refractivity contribution in [2.24, 2.45) is 0 Å². The quantitative estimate of drug-likeness (QED) is 0.691. The molecule has 0 N–H and O–H groups in total. The molecular weight excluding hydrogens is 347 g/mol. The van der Waals surface area contributed by atoms with E-state index in [0.29, 0.717) is 9.54 Å². The minimum absolute atomic E-state index is 0.0222. The molecule has 0 atom stereocenters. The number of hydrogen-bond donors (Lipinski definition) is 0. The fourth-order valence-electron chi connectivity index (χ4n) is 1.74. The van der Waals surface area contributed by atoms with Crippen molar-refractivity contribution in [3.05, 3.63) is 29.0 Å². The summed E-state index contributed by atoms with van der Waals surface area (Å²) in [5.41, 5.74) is 0.0298. The first-order valence-corrected chi connectivity index (χ1v) is 8.22. The standard InChI is InChI=1S/C13H12F3N5S2/c1-12(2,3)7-6-17-11(22-7)23-9-5-4-8-18-19-10(13(14,15)16)21(8)20-9/h4-6H,1-3H3. The van der Waals surface area contributed by atoms with Crippen molar-refractivity contribution < 1.29 is 13.2 Å². The zero-order valence-corrected chi connectivity index (χ0v) is 14.1. The van der Waals surface area contributed by atoms with Gasteiger partial charge < -0.3 is 0 Å². The van der Waals surface area contributed by atoms with E-state index in [2.05, 4.69) is 41.1 Å². The number of aromatic nitrogens is 5. The van der Waals surface area contributed by atoms with Gasteiger partial charge in [-0.1, -0.05) is 20.8 Å². The zero-order valence-electron chi connectivity index (χ0n) is 12.4. The Morgan fingerprint density at radius 3 is 2.48 bits per heavy atom. The van der Waals surface area contributed by atoms with Crippen LogP contribution in [0.3, 0.4) is 0 Å². The van der Waals surface area contributed by atoms with Crippen molar-refractivity contribution in [3.63, 3.8) is 0 Å². The third kappa shape index (κ3) is 3.32.